The van der Waals surface area contributed by atoms with Crippen LogP contribution in [0.2, 0.25) is 13.1 Å². The monoisotopic (exact) mass is 129 g/mol. The minimum absolute atomic E-state index is 0.327. The fourth-order valence-corrected chi connectivity index (χ4v) is 1.56. The molecule has 0 saturated carbocycles. The van der Waals surface area contributed by atoms with Gasteiger partial charge in [-0.25, -0.2) is 0 Å². The van der Waals surface area contributed by atoms with Crippen LogP contribution in [0.3, 0.4) is 0 Å². The third-order valence-corrected chi connectivity index (χ3v) is 2.47. The van der Waals surface area contributed by atoms with Crippen LogP contribution in [0.5, 0.6) is 0 Å². The molecule has 0 aromatic rings. The van der Waals surface area contributed by atoms with Gasteiger partial charge >= 0.3 is 0 Å². The lowest BCUT2D eigenvalue weighted by atomic mass is 10.3. The van der Waals surface area contributed by atoms with E-state index in [1.165, 1.54) is 19.3 Å². The summed E-state index contributed by atoms with van der Waals surface area (Å²) >= 11 is 0. The van der Waals surface area contributed by atoms with Gasteiger partial charge in [0.2, 0.25) is 0 Å². The zero-order valence-electron chi connectivity index (χ0n) is 6.28. The van der Waals surface area contributed by atoms with Crippen LogP contribution in [0.1, 0.15) is 26.2 Å². The highest BCUT2D eigenvalue weighted by atomic mass is 28.3. The Hall–Kier alpha value is 0.217. The lowest BCUT2D eigenvalue weighted by Gasteiger charge is -1.98. The van der Waals surface area contributed by atoms with Crippen LogP contribution >= 0.6 is 0 Å². The quantitative estimate of drug-likeness (QED) is 0.404. The van der Waals surface area contributed by atoms with Crippen molar-refractivity contribution in [1.29, 1.82) is 0 Å². The predicted octanol–water partition coefficient (Wildman–Crippen LogP) is 2.41. The Morgan fingerprint density at radius 2 is 2.00 bits per heavy atom. The smallest absolute Gasteiger partial charge is 0.0336 e. The van der Waals surface area contributed by atoms with Crippen molar-refractivity contribution in [2.75, 3.05) is 0 Å². The standard InChI is InChI=1S/C7H17Si/c1-4-5-6-7-8(2)3/h7-8H,4-6H2,1-3H3. The Morgan fingerprint density at radius 1 is 1.38 bits per heavy atom. The van der Waals surface area contributed by atoms with E-state index in [0.29, 0.717) is 0 Å². The summed E-state index contributed by atoms with van der Waals surface area (Å²) < 4.78 is 0. The van der Waals surface area contributed by atoms with Crippen molar-refractivity contribution in [3.05, 3.63) is 6.04 Å². The molecule has 0 fully saturated rings. The van der Waals surface area contributed by atoms with Crippen LogP contribution in [0.15, 0.2) is 0 Å². The highest BCUT2D eigenvalue weighted by Crippen LogP contribution is 1.99. The second kappa shape index (κ2) is 5.36. The third-order valence-electron chi connectivity index (χ3n) is 1.20. The first-order valence-electron chi connectivity index (χ1n) is 3.60. The largest absolute Gasteiger partial charge is 0.0720 e. The molecule has 0 aliphatic carbocycles. The SMILES string of the molecule is CCCC[CH][SiH](C)C. The minimum Gasteiger partial charge on any atom is -0.0720 e. The second-order valence-electron chi connectivity index (χ2n) is 2.62. The molecule has 0 aromatic carbocycles. The molecule has 1 heteroatoms. The Bertz CT molecular complexity index is 41.7. The van der Waals surface area contributed by atoms with E-state index in [1.807, 2.05) is 0 Å². The van der Waals surface area contributed by atoms with Crippen LogP contribution < -0.4 is 0 Å². The van der Waals surface area contributed by atoms with Crippen LogP contribution in [0.25, 0.3) is 0 Å². The highest BCUT2D eigenvalue weighted by molar-refractivity contribution is 6.59. The first kappa shape index (κ1) is 8.22. The molecule has 0 N–H and O–H groups in total. The number of unbranched alkanes of at least 4 members (excludes halogenated alkanes) is 2. The molecule has 0 aromatic heterocycles. The Morgan fingerprint density at radius 3 is 2.38 bits per heavy atom. The van der Waals surface area contributed by atoms with Gasteiger partial charge in [0.05, 0.1) is 0 Å². The van der Waals surface area contributed by atoms with Gasteiger partial charge < -0.3 is 0 Å². The van der Waals surface area contributed by atoms with Gasteiger partial charge in [-0.3, -0.25) is 0 Å². The molecule has 0 atom stereocenters. The summed E-state index contributed by atoms with van der Waals surface area (Å²) in [5.41, 5.74) is 0. The number of hydrogen-bond acceptors (Lipinski definition) is 0. The van der Waals surface area contributed by atoms with Crippen LogP contribution in [0, 0.1) is 6.04 Å². The van der Waals surface area contributed by atoms with Crippen molar-refractivity contribution >= 4 is 8.80 Å². The molecule has 0 amide bonds. The maximum atomic E-state index is 2.52. The first-order valence-corrected chi connectivity index (χ1v) is 6.58. The van der Waals surface area contributed by atoms with Gasteiger partial charge in [-0.15, -0.1) is 0 Å². The fourth-order valence-electron chi connectivity index (χ4n) is 0.655. The summed E-state index contributed by atoms with van der Waals surface area (Å²) in [6, 6.07) is 2.52. The summed E-state index contributed by atoms with van der Waals surface area (Å²) in [7, 11) is -0.327. The molecule has 0 bridgehead atoms. The molecule has 0 aliphatic rings. The fraction of sp³-hybridized carbons (Fsp3) is 0.857. The molecule has 0 nitrogen and oxygen atoms in total. The van der Waals surface area contributed by atoms with Crippen molar-refractivity contribution in [3.63, 3.8) is 0 Å². The van der Waals surface area contributed by atoms with Crippen molar-refractivity contribution < 1.29 is 0 Å². The summed E-state index contributed by atoms with van der Waals surface area (Å²) in [6.07, 6.45) is 4.10. The molecule has 0 aliphatic heterocycles. The van der Waals surface area contributed by atoms with Gasteiger partial charge in [0.15, 0.2) is 0 Å². The van der Waals surface area contributed by atoms with Crippen LogP contribution in [0.4, 0.5) is 0 Å². The third kappa shape index (κ3) is 6.22. The van der Waals surface area contributed by atoms with Gasteiger partial charge in [0.1, 0.15) is 0 Å². The van der Waals surface area contributed by atoms with Crippen molar-refractivity contribution in [3.8, 4) is 0 Å². The minimum atomic E-state index is -0.327. The van der Waals surface area contributed by atoms with E-state index >= 15 is 0 Å². The first-order chi connectivity index (χ1) is 3.77. The zero-order chi connectivity index (χ0) is 6.41. The lowest BCUT2D eigenvalue weighted by molar-refractivity contribution is 0.802. The van der Waals surface area contributed by atoms with Gasteiger partial charge in [0, 0.05) is 8.80 Å². The lowest BCUT2D eigenvalue weighted by Crippen LogP contribution is -2.00. The zero-order valence-corrected chi connectivity index (χ0v) is 7.43. The van der Waals surface area contributed by atoms with E-state index in [-0.39, 0.29) is 8.80 Å². The molecule has 49 valence electrons. The van der Waals surface area contributed by atoms with Gasteiger partial charge in [-0.05, 0) is 6.04 Å². The average Bonchev–Trinajstić information content (AvgIpc) is 1.66. The molecule has 0 saturated heterocycles. The summed E-state index contributed by atoms with van der Waals surface area (Å²) in [5, 5.41) is 0. The molecule has 0 rings (SSSR count). The van der Waals surface area contributed by atoms with Gasteiger partial charge in [-0.2, -0.15) is 0 Å². The van der Waals surface area contributed by atoms with Crippen molar-refractivity contribution in [2.45, 2.75) is 39.3 Å². The van der Waals surface area contributed by atoms with Crippen molar-refractivity contribution in [1.82, 2.24) is 0 Å². The molecule has 0 unspecified atom stereocenters. The van der Waals surface area contributed by atoms with E-state index in [2.05, 4.69) is 26.1 Å². The highest BCUT2D eigenvalue weighted by Gasteiger charge is 1.92. The summed E-state index contributed by atoms with van der Waals surface area (Å²) in [6.45, 7) is 6.99. The second-order valence-corrected chi connectivity index (χ2v) is 5.58. The molecule has 0 spiro atoms. The summed E-state index contributed by atoms with van der Waals surface area (Å²) in [4.78, 5) is 0. The van der Waals surface area contributed by atoms with Crippen LogP contribution in [-0.4, -0.2) is 8.80 Å². The maximum Gasteiger partial charge on any atom is 0.0336 e. The normalized spacial score (nSPS) is 10.5. The van der Waals surface area contributed by atoms with E-state index in [4.69, 9.17) is 0 Å². The molecule has 1 radical (unpaired) electrons. The van der Waals surface area contributed by atoms with Crippen LogP contribution in [-0.2, 0) is 0 Å². The molecular weight excluding hydrogens is 112 g/mol. The maximum absolute atomic E-state index is 2.52. The van der Waals surface area contributed by atoms with E-state index in [1.54, 1.807) is 0 Å². The van der Waals surface area contributed by atoms with E-state index in [0.717, 1.165) is 0 Å². The van der Waals surface area contributed by atoms with Crippen molar-refractivity contribution in [2.24, 2.45) is 0 Å². The number of hydrogen-bond donors (Lipinski definition) is 0. The van der Waals surface area contributed by atoms with Gasteiger partial charge in [-0.1, -0.05) is 39.3 Å². The molecule has 8 heavy (non-hydrogen) atoms. The molecular formula is C7H17Si. The Kier molecular flexibility index (Phi) is 5.50. The summed E-state index contributed by atoms with van der Waals surface area (Å²) in [5.74, 6) is 0. The topological polar surface area (TPSA) is 0 Å². The predicted molar refractivity (Wildman–Crippen MR) is 42.7 cm³/mol. The van der Waals surface area contributed by atoms with Gasteiger partial charge in [0.25, 0.3) is 0 Å². The molecule has 0 heterocycles. The average molecular weight is 129 g/mol. The Labute approximate surface area is 54.9 Å². The number of rotatable bonds is 4. The Balaban J connectivity index is 2.72. The van der Waals surface area contributed by atoms with E-state index < -0.39 is 0 Å². The van der Waals surface area contributed by atoms with E-state index in [9.17, 15) is 0 Å².